The van der Waals surface area contributed by atoms with Crippen LogP contribution in [-0.2, 0) is 24.3 Å². The van der Waals surface area contributed by atoms with E-state index in [-0.39, 0.29) is 23.9 Å². The van der Waals surface area contributed by atoms with Crippen molar-refractivity contribution in [1.29, 1.82) is 0 Å². The highest BCUT2D eigenvalue weighted by atomic mass is 32.2. The van der Waals surface area contributed by atoms with Gasteiger partial charge in [0.1, 0.15) is 6.04 Å². The third-order valence-electron chi connectivity index (χ3n) is 4.39. The molecule has 150 valence electrons. The Hall–Kier alpha value is -1.97. The summed E-state index contributed by atoms with van der Waals surface area (Å²) in [5.74, 6) is -1.32. The fraction of sp³-hybridized carbons (Fsp3) is 0.556. The molecule has 2 rings (SSSR count). The summed E-state index contributed by atoms with van der Waals surface area (Å²) in [4.78, 5) is 24.1. The molecule has 1 saturated heterocycles. The molecule has 9 heteroatoms. The molecule has 1 aromatic rings. The second kappa shape index (κ2) is 8.37. The molecule has 2 atom stereocenters. The number of aliphatic hydroxyl groups excluding tert-OH is 1. The third kappa shape index (κ3) is 5.06. The summed E-state index contributed by atoms with van der Waals surface area (Å²) in [6.45, 7) is 6.50. The van der Waals surface area contributed by atoms with Crippen molar-refractivity contribution >= 4 is 21.9 Å². The second-order valence-corrected chi connectivity index (χ2v) is 8.95. The van der Waals surface area contributed by atoms with Crippen molar-refractivity contribution in [2.75, 3.05) is 13.2 Å². The van der Waals surface area contributed by atoms with Gasteiger partial charge in [-0.15, -0.1) is 0 Å². The van der Waals surface area contributed by atoms with Crippen molar-refractivity contribution in [2.45, 2.75) is 57.2 Å². The number of aliphatic hydroxyl groups is 1. The lowest BCUT2D eigenvalue weighted by Crippen LogP contribution is -2.43. The number of esters is 1. The number of hydrogen-bond acceptors (Lipinski definition) is 6. The molecule has 0 radical (unpaired) electrons. The van der Waals surface area contributed by atoms with Crippen LogP contribution in [-0.4, -0.2) is 61.0 Å². The molecule has 1 amide bonds. The first-order valence-corrected chi connectivity index (χ1v) is 10.2. The molecule has 0 spiro atoms. The fourth-order valence-corrected chi connectivity index (χ4v) is 4.58. The summed E-state index contributed by atoms with van der Waals surface area (Å²) < 4.78 is 31.9. The van der Waals surface area contributed by atoms with Crippen LogP contribution in [0, 0.1) is 13.8 Å². The number of β-amino-alcohol motifs (C(OH)–C–C–N with tert-alkyl or cyclic N) is 1. The van der Waals surface area contributed by atoms with Crippen LogP contribution in [0.2, 0.25) is 0 Å². The number of aryl methyl sites for hydroxylation is 2. The largest absolute Gasteiger partial charge is 0.454 e. The zero-order valence-corrected chi connectivity index (χ0v) is 16.7. The SMILES string of the molecule is Cc1ccc(S(=O)(=O)N2CC(O)CC2C(=O)OCC(=O)NC(C)C)cc1C. The first-order valence-electron chi connectivity index (χ1n) is 8.75. The van der Waals surface area contributed by atoms with Gasteiger partial charge >= 0.3 is 5.97 Å². The summed E-state index contributed by atoms with van der Waals surface area (Å²) in [5.41, 5.74) is 1.75. The topological polar surface area (TPSA) is 113 Å². The van der Waals surface area contributed by atoms with Crippen molar-refractivity contribution in [2.24, 2.45) is 0 Å². The third-order valence-corrected chi connectivity index (χ3v) is 6.26. The van der Waals surface area contributed by atoms with Crippen molar-refractivity contribution < 1.29 is 27.9 Å². The average Bonchev–Trinajstić information content (AvgIpc) is 2.97. The Kier molecular flexibility index (Phi) is 6.61. The maximum absolute atomic E-state index is 13.0. The van der Waals surface area contributed by atoms with E-state index in [9.17, 15) is 23.1 Å². The highest BCUT2D eigenvalue weighted by Crippen LogP contribution is 2.28. The van der Waals surface area contributed by atoms with Gasteiger partial charge < -0.3 is 15.2 Å². The van der Waals surface area contributed by atoms with Gasteiger partial charge in [0.15, 0.2) is 6.61 Å². The smallest absolute Gasteiger partial charge is 0.325 e. The average molecular weight is 398 g/mol. The van der Waals surface area contributed by atoms with Crippen LogP contribution in [0.25, 0.3) is 0 Å². The van der Waals surface area contributed by atoms with Gasteiger partial charge in [0, 0.05) is 19.0 Å². The van der Waals surface area contributed by atoms with Gasteiger partial charge in [0.25, 0.3) is 5.91 Å². The van der Waals surface area contributed by atoms with Crippen LogP contribution >= 0.6 is 0 Å². The van der Waals surface area contributed by atoms with Crippen LogP contribution in [0.15, 0.2) is 23.1 Å². The highest BCUT2D eigenvalue weighted by molar-refractivity contribution is 7.89. The summed E-state index contributed by atoms with van der Waals surface area (Å²) in [6, 6.07) is 3.43. The van der Waals surface area contributed by atoms with E-state index in [2.05, 4.69) is 5.32 Å². The van der Waals surface area contributed by atoms with Gasteiger partial charge in [-0.05, 0) is 51.0 Å². The van der Waals surface area contributed by atoms with E-state index >= 15 is 0 Å². The van der Waals surface area contributed by atoms with E-state index in [0.29, 0.717) is 0 Å². The number of hydrogen-bond donors (Lipinski definition) is 2. The lowest BCUT2D eigenvalue weighted by Gasteiger charge is -2.23. The standard InChI is InChI=1S/C18H26N2O6S/c1-11(2)19-17(22)10-26-18(23)16-8-14(21)9-20(16)27(24,25)15-6-5-12(3)13(4)7-15/h5-7,11,14,16,21H,8-10H2,1-4H3,(H,19,22). The minimum atomic E-state index is -3.99. The quantitative estimate of drug-likeness (QED) is 0.675. The van der Waals surface area contributed by atoms with Crippen LogP contribution in [0.5, 0.6) is 0 Å². The number of nitrogens with one attached hydrogen (secondary N) is 1. The summed E-state index contributed by atoms with van der Waals surface area (Å²) in [5, 5.41) is 12.5. The number of nitrogens with zero attached hydrogens (tertiary/aromatic N) is 1. The molecule has 0 bridgehead atoms. The highest BCUT2D eigenvalue weighted by Gasteiger charge is 2.44. The van der Waals surface area contributed by atoms with Gasteiger partial charge in [-0.3, -0.25) is 9.59 Å². The number of benzene rings is 1. The Morgan fingerprint density at radius 1 is 1.30 bits per heavy atom. The molecule has 1 aromatic carbocycles. The normalized spacial score (nSPS) is 20.7. The minimum Gasteiger partial charge on any atom is -0.454 e. The zero-order chi connectivity index (χ0) is 20.4. The lowest BCUT2D eigenvalue weighted by atomic mass is 10.1. The molecular formula is C18H26N2O6S. The van der Waals surface area contributed by atoms with Crippen LogP contribution in [0.1, 0.15) is 31.4 Å². The molecular weight excluding hydrogens is 372 g/mol. The number of rotatable bonds is 6. The number of carbonyl (C=O) groups excluding carboxylic acids is 2. The number of sulfonamides is 1. The van der Waals surface area contributed by atoms with Crippen molar-refractivity contribution in [3.05, 3.63) is 29.3 Å². The van der Waals surface area contributed by atoms with Gasteiger partial charge in [-0.1, -0.05) is 6.07 Å². The Morgan fingerprint density at radius 3 is 2.56 bits per heavy atom. The van der Waals surface area contributed by atoms with Gasteiger partial charge in [0.2, 0.25) is 10.0 Å². The van der Waals surface area contributed by atoms with Crippen molar-refractivity contribution in [1.82, 2.24) is 9.62 Å². The maximum Gasteiger partial charge on any atom is 0.325 e. The zero-order valence-electron chi connectivity index (χ0n) is 15.9. The first-order chi connectivity index (χ1) is 12.5. The second-order valence-electron chi connectivity index (χ2n) is 7.06. The van der Waals surface area contributed by atoms with E-state index in [1.807, 2.05) is 6.92 Å². The summed E-state index contributed by atoms with van der Waals surface area (Å²) in [6.07, 6.45) is -1.05. The molecule has 1 aliphatic rings. The monoisotopic (exact) mass is 398 g/mol. The molecule has 1 aliphatic heterocycles. The predicted molar refractivity (Wildman–Crippen MR) is 98.5 cm³/mol. The summed E-state index contributed by atoms with van der Waals surface area (Å²) >= 11 is 0. The van der Waals surface area contributed by atoms with E-state index in [1.165, 1.54) is 12.1 Å². The fourth-order valence-electron chi connectivity index (χ4n) is 2.87. The Morgan fingerprint density at radius 2 is 1.96 bits per heavy atom. The van der Waals surface area contributed by atoms with E-state index in [0.717, 1.165) is 15.4 Å². The Bertz CT molecular complexity index is 821. The van der Waals surface area contributed by atoms with Crippen LogP contribution in [0.3, 0.4) is 0 Å². The van der Waals surface area contributed by atoms with Crippen molar-refractivity contribution in [3.63, 3.8) is 0 Å². The van der Waals surface area contributed by atoms with E-state index in [4.69, 9.17) is 4.74 Å². The van der Waals surface area contributed by atoms with Gasteiger partial charge in [-0.2, -0.15) is 4.31 Å². The van der Waals surface area contributed by atoms with Gasteiger partial charge in [-0.25, -0.2) is 8.42 Å². The molecule has 27 heavy (non-hydrogen) atoms. The molecule has 2 unspecified atom stereocenters. The Labute approximate surface area is 159 Å². The Balaban J connectivity index is 2.18. The number of amides is 1. The van der Waals surface area contributed by atoms with E-state index < -0.39 is 40.7 Å². The van der Waals surface area contributed by atoms with Crippen LogP contribution < -0.4 is 5.32 Å². The maximum atomic E-state index is 13.0. The van der Waals surface area contributed by atoms with E-state index in [1.54, 1.807) is 26.8 Å². The van der Waals surface area contributed by atoms with Gasteiger partial charge in [0.05, 0.1) is 11.0 Å². The molecule has 0 aromatic heterocycles. The minimum absolute atomic E-state index is 0.0510. The predicted octanol–water partition coefficient (Wildman–Crippen LogP) is 0.495. The number of ether oxygens (including phenoxy) is 1. The molecule has 0 saturated carbocycles. The molecule has 1 heterocycles. The molecule has 8 nitrogen and oxygen atoms in total. The summed E-state index contributed by atoms with van der Waals surface area (Å²) in [7, 11) is -3.99. The molecule has 1 fully saturated rings. The molecule has 0 aliphatic carbocycles. The lowest BCUT2D eigenvalue weighted by molar-refractivity contribution is -0.151. The number of carbonyl (C=O) groups is 2. The van der Waals surface area contributed by atoms with Crippen LogP contribution in [0.4, 0.5) is 0 Å². The first kappa shape index (κ1) is 21.3. The van der Waals surface area contributed by atoms with Crippen molar-refractivity contribution in [3.8, 4) is 0 Å². The molecule has 2 N–H and O–H groups in total.